The minimum atomic E-state index is 1.07. The van der Waals surface area contributed by atoms with Gasteiger partial charge in [0.1, 0.15) is 0 Å². The fraction of sp³-hybridized carbons (Fsp3) is 0.733. The van der Waals surface area contributed by atoms with Crippen LogP contribution in [0.25, 0.3) is 0 Å². The first-order chi connectivity index (χ1) is 9.22. The lowest BCUT2D eigenvalue weighted by Gasteiger charge is -2.15. The van der Waals surface area contributed by atoms with Crippen LogP contribution in [-0.4, -0.2) is 31.6 Å². The molecule has 0 bridgehead atoms. The van der Waals surface area contributed by atoms with Gasteiger partial charge < -0.3 is 10.2 Å². The number of hydrogen-bond donors (Lipinski definition) is 1. The summed E-state index contributed by atoms with van der Waals surface area (Å²) in [7, 11) is 2.22. The van der Waals surface area contributed by atoms with Crippen molar-refractivity contribution in [3.63, 3.8) is 0 Å². The maximum atomic E-state index is 3.52. The second-order valence-electron chi connectivity index (χ2n) is 5.16. The zero-order valence-electron chi connectivity index (χ0n) is 12.3. The van der Waals surface area contributed by atoms with Crippen LogP contribution in [0.15, 0.2) is 15.2 Å². The van der Waals surface area contributed by atoms with Crippen molar-refractivity contribution in [1.29, 1.82) is 0 Å². The van der Waals surface area contributed by atoms with Crippen LogP contribution in [0.2, 0.25) is 0 Å². The Bertz CT molecular complexity index is 328. The highest BCUT2D eigenvalue weighted by Crippen LogP contribution is 2.21. The molecule has 0 atom stereocenters. The Morgan fingerprint density at radius 1 is 1.21 bits per heavy atom. The molecule has 0 fully saturated rings. The van der Waals surface area contributed by atoms with Gasteiger partial charge in [-0.1, -0.05) is 19.8 Å². The van der Waals surface area contributed by atoms with Gasteiger partial charge in [-0.05, 0) is 78.9 Å². The molecule has 0 aliphatic rings. The quantitative estimate of drug-likeness (QED) is 0.593. The molecule has 0 aliphatic heterocycles. The van der Waals surface area contributed by atoms with Crippen LogP contribution in [-0.2, 0) is 6.54 Å². The first-order valence-electron chi connectivity index (χ1n) is 7.34. The third kappa shape index (κ3) is 8.79. The Hall–Kier alpha value is 0.100. The van der Waals surface area contributed by atoms with E-state index in [9.17, 15) is 0 Å². The van der Waals surface area contributed by atoms with Crippen molar-refractivity contribution in [2.75, 3.05) is 26.7 Å². The molecule has 0 aromatic carbocycles. The molecule has 0 saturated carbocycles. The van der Waals surface area contributed by atoms with E-state index in [0.717, 1.165) is 6.54 Å². The van der Waals surface area contributed by atoms with Crippen molar-refractivity contribution in [2.45, 2.75) is 45.6 Å². The second kappa shape index (κ2) is 10.8. The van der Waals surface area contributed by atoms with Gasteiger partial charge in [0, 0.05) is 6.54 Å². The fourth-order valence-corrected chi connectivity index (χ4v) is 3.31. The molecular weight excluding hydrogens is 320 g/mol. The lowest BCUT2D eigenvalue weighted by atomic mass is 10.2. The molecule has 110 valence electrons. The second-order valence-corrected chi connectivity index (χ2v) is 7.45. The van der Waals surface area contributed by atoms with Gasteiger partial charge in [0.25, 0.3) is 0 Å². The number of nitrogens with zero attached hydrogens (tertiary/aromatic N) is 1. The summed E-state index contributed by atoms with van der Waals surface area (Å²) in [6, 6.07) is 2.22. The molecule has 4 heteroatoms. The first kappa shape index (κ1) is 17.2. The van der Waals surface area contributed by atoms with Gasteiger partial charge in [0.05, 0.1) is 3.79 Å². The standard InChI is InChI=1S/C15H27BrN2S/c1-3-8-17-9-6-4-5-7-10-18(2)12-14-11-15(16)19-13-14/h11,13,17H,3-10,12H2,1-2H3. The van der Waals surface area contributed by atoms with E-state index in [1.54, 1.807) is 11.3 Å². The van der Waals surface area contributed by atoms with E-state index in [2.05, 4.69) is 51.6 Å². The molecule has 1 rings (SSSR count). The summed E-state index contributed by atoms with van der Waals surface area (Å²) in [6.07, 6.45) is 6.58. The van der Waals surface area contributed by atoms with Crippen LogP contribution in [0, 0.1) is 0 Å². The monoisotopic (exact) mass is 346 g/mol. The maximum Gasteiger partial charge on any atom is 0.0701 e. The zero-order chi connectivity index (χ0) is 13.9. The van der Waals surface area contributed by atoms with Crippen LogP contribution in [0.3, 0.4) is 0 Å². The molecule has 0 radical (unpaired) electrons. The van der Waals surface area contributed by atoms with Crippen LogP contribution in [0.5, 0.6) is 0 Å². The van der Waals surface area contributed by atoms with Crippen LogP contribution >= 0.6 is 27.3 Å². The summed E-state index contributed by atoms with van der Waals surface area (Å²) < 4.78 is 1.23. The molecule has 0 aliphatic carbocycles. The summed E-state index contributed by atoms with van der Waals surface area (Å²) in [5.74, 6) is 0. The van der Waals surface area contributed by atoms with E-state index < -0.39 is 0 Å². The van der Waals surface area contributed by atoms with Gasteiger partial charge in [0.15, 0.2) is 0 Å². The largest absolute Gasteiger partial charge is 0.317 e. The Labute approximate surface area is 130 Å². The van der Waals surface area contributed by atoms with Crippen molar-refractivity contribution in [3.05, 3.63) is 20.8 Å². The number of thiophene rings is 1. The van der Waals surface area contributed by atoms with Crippen LogP contribution in [0.4, 0.5) is 0 Å². The lowest BCUT2D eigenvalue weighted by Crippen LogP contribution is -2.19. The van der Waals surface area contributed by atoms with Crippen LogP contribution < -0.4 is 5.32 Å². The van der Waals surface area contributed by atoms with Gasteiger partial charge in [-0.25, -0.2) is 0 Å². The summed E-state index contributed by atoms with van der Waals surface area (Å²) in [6.45, 7) is 6.84. The molecule has 0 spiro atoms. The van der Waals surface area contributed by atoms with Crippen molar-refractivity contribution in [1.82, 2.24) is 10.2 Å². The molecule has 1 aromatic rings. The smallest absolute Gasteiger partial charge is 0.0701 e. The molecule has 0 amide bonds. The molecule has 0 unspecified atom stereocenters. The highest BCUT2D eigenvalue weighted by Gasteiger charge is 2.02. The van der Waals surface area contributed by atoms with Crippen molar-refractivity contribution in [2.24, 2.45) is 0 Å². The van der Waals surface area contributed by atoms with Crippen molar-refractivity contribution < 1.29 is 0 Å². The highest BCUT2D eigenvalue weighted by atomic mass is 79.9. The van der Waals surface area contributed by atoms with E-state index in [-0.39, 0.29) is 0 Å². The average molecular weight is 347 g/mol. The molecule has 1 N–H and O–H groups in total. The number of halogens is 1. The molecule has 1 heterocycles. The molecule has 0 saturated heterocycles. The fourth-order valence-electron chi connectivity index (χ4n) is 2.11. The topological polar surface area (TPSA) is 15.3 Å². The molecule has 2 nitrogen and oxygen atoms in total. The lowest BCUT2D eigenvalue weighted by molar-refractivity contribution is 0.317. The number of nitrogens with one attached hydrogen (secondary N) is 1. The highest BCUT2D eigenvalue weighted by molar-refractivity contribution is 9.11. The van der Waals surface area contributed by atoms with Crippen molar-refractivity contribution >= 4 is 27.3 Å². The van der Waals surface area contributed by atoms with Gasteiger partial charge in [-0.3, -0.25) is 0 Å². The third-order valence-corrected chi connectivity index (χ3v) is 4.70. The number of unbranched alkanes of at least 4 members (excludes halogenated alkanes) is 3. The maximum absolute atomic E-state index is 3.52. The normalized spacial score (nSPS) is 11.4. The van der Waals surface area contributed by atoms with Crippen LogP contribution in [0.1, 0.15) is 44.6 Å². The Morgan fingerprint density at radius 2 is 2.00 bits per heavy atom. The van der Waals surface area contributed by atoms with Gasteiger partial charge in [-0.15, -0.1) is 11.3 Å². The predicted octanol–water partition coefficient (Wildman–Crippen LogP) is 4.50. The van der Waals surface area contributed by atoms with Gasteiger partial charge in [-0.2, -0.15) is 0 Å². The minimum Gasteiger partial charge on any atom is -0.317 e. The minimum absolute atomic E-state index is 1.07. The van der Waals surface area contributed by atoms with E-state index in [0.29, 0.717) is 0 Å². The Morgan fingerprint density at radius 3 is 2.68 bits per heavy atom. The summed E-state index contributed by atoms with van der Waals surface area (Å²) in [4.78, 5) is 2.42. The number of hydrogen-bond acceptors (Lipinski definition) is 3. The number of rotatable bonds is 11. The first-order valence-corrected chi connectivity index (χ1v) is 9.01. The van der Waals surface area contributed by atoms with E-state index in [4.69, 9.17) is 0 Å². The summed E-state index contributed by atoms with van der Waals surface area (Å²) in [5.41, 5.74) is 1.42. The van der Waals surface area contributed by atoms with E-state index in [1.807, 2.05) is 0 Å². The third-order valence-electron chi connectivity index (χ3n) is 3.14. The molecular formula is C15H27BrN2S. The predicted molar refractivity (Wildman–Crippen MR) is 90.0 cm³/mol. The Balaban J connectivity index is 1.94. The zero-order valence-corrected chi connectivity index (χ0v) is 14.7. The summed E-state index contributed by atoms with van der Waals surface area (Å²) >= 11 is 5.29. The average Bonchev–Trinajstić information content (AvgIpc) is 2.78. The Kier molecular flexibility index (Phi) is 9.78. The molecule has 1 aromatic heterocycles. The van der Waals surface area contributed by atoms with Gasteiger partial charge >= 0.3 is 0 Å². The molecule has 19 heavy (non-hydrogen) atoms. The summed E-state index contributed by atoms with van der Waals surface area (Å²) in [5, 5.41) is 5.69. The SMILES string of the molecule is CCCNCCCCCCN(C)Cc1csc(Br)c1. The van der Waals surface area contributed by atoms with E-state index >= 15 is 0 Å². The van der Waals surface area contributed by atoms with Crippen molar-refractivity contribution in [3.8, 4) is 0 Å². The van der Waals surface area contributed by atoms with E-state index in [1.165, 1.54) is 61.1 Å². The van der Waals surface area contributed by atoms with Gasteiger partial charge in [0.2, 0.25) is 0 Å².